The molecule has 0 fully saturated rings. The molecule has 18 heavy (non-hydrogen) atoms. The fraction of sp³-hybridized carbons (Fsp3) is 0. The van der Waals surface area contributed by atoms with Gasteiger partial charge in [-0.2, -0.15) is 0 Å². The van der Waals surface area contributed by atoms with Crippen molar-refractivity contribution in [2.45, 2.75) is 0 Å². The van der Waals surface area contributed by atoms with Gasteiger partial charge in [0.05, 0.1) is 0 Å². The van der Waals surface area contributed by atoms with E-state index in [9.17, 15) is 0 Å². The van der Waals surface area contributed by atoms with Crippen LogP contribution in [0.4, 0.5) is 0 Å². The van der Waals surface area contributed by atoms with Crippen molar-refractivity contribution in [3.63, 3.8) is 0 Å². The van der Waals surface area contributed by atoms with E-state index in [0.29, 0.717) is 0 Å². The molecule has 0 amide bonds. The maximum Gasteiger partial charge on any atom is 3.00 e. The number of rotatable bonds is 0. The molecule has 18 heteroatoms. The van der Waals surface area contributed by atoms with Crippen LogP contribution in [-0.2, 0) is 31.2 Å². The van der Waals surface area contributed by atoms with Crippen molar-refractivity contribution >= 4 is 80.1 Å². The first-order chi connectivity index (χ1) is 6.00. The van der Waals surface area contributed by atoms with Gasteiger partial charge in [0.15, 0.2) is 0 Å². The summed E-state index contributed by atoms with van der Waals surface area (Å²) >= 11 is 0. The van der Waals surface area contributed by atoms with Crippen LogP contribution in [0.3, 0.4) is 0 Å². The predicted octanol–water partition coefficient (Wildman–Crippen LogP) is -4.17. The van der Waals surface area contributed by atoms with Crippen molar-refractivity contribution in [3.8, 4) is 0 Å². The van der Waals surface area contributed by atoms with Crippen LogP contribution in [-0.4, -0.2) is 101 Å². The molecule has 0 heterocycles. The Morgan fingerprint density at radius 2 is 0.500 bits per heavy atom. The minimum Gasteiger partial charge on any atom is -1.00 e. The average Bonchev–Trinajstić information content (AvgIpc) is 1.41. The van der Waals surface area contributed by atoms with E-state index in [2.05, 4.69) is 0 Å². The second-order valence-corrected chi connectivity index (χ2v) is 3.67. The molecule has 108 valence electrons. The number of hydrogen-bond acceptors (Lipinski definition) is 12. The summed E-state index contributed by atoms with van der Waals surface area (Å²) in [5, 5.41) is 0. The van der Waals surface area contributed by atoms with Gasteiger partial charge in [-0.15, -0.1) is 0 Å². The zero-order chi connectivity index (χ0) is 13.5. The van der Waals surface area contributed by atoms with Crippen molar-refractivity contribution in [2.75, 3.05) is 0 Å². The van der Waals surface area contributed by atoms with E-state index in [0.717, 1.165) is 0 Å². The fourth-order valence-corrected chi connectivity index (χ4v) is 0. The van der Waals surface area contributed by atoms with Crippen molar-refractivity contribution in [1.29, 1.82) is 0 Å². The first-order valence-electron chi connectivity index (χ1n) is 2.00. The van der Waals surface area contributed by atoms with E-state index in [1.807, 2.05) is 0 Å². The van der Waals surface area contributed by atoms with Crippen molar-refractivity contribution in [2.24, 2.45) is 0 Å². The van der Waals surface area contributed by atoms with Gasteiger partial charge in [0.25, 0.3) is 0 Å². The van der Waals surface area contributed by atoms with Crippen LogP contribution < -0.4 is 0 Å². The van der Waals surface area contributed by atoms with Gasteiger partial charge in [-0.1, -0.05) is 0 Å². The molecule has 0 spiro atoms. The van der Waals surface area contributed by atoms with Gasteiger partial charge in [0, 0.05) is 31.2 Å². The SMILES string of the molecule is O=S(=O)([O-])[O-].O=S(=O)([O-])[O-].O=S(=O)([O-])[O-].[Ba+2].[Eu+3].[Eu+3].[H-].[H-]. The Morgan fingerprint density at radius 1 is 0.500 bits per heavy atom. The molecule has 0 saturated carbocycles. The Kier molecular flexibility index (Phi) is 37.5. The zero-order valence-electron chi connectivity index (χ0n) is 9.59. The molecule has 0 radical (unpaired) electrons. The molecular weight excluding hydrogens is 729 g/mol. The first-order valence-corrected chi connectivity index (χ1v) is 6.00. The van der Waals surface area contributed by atoms with Gasteiger partial charge in [0.2, 0.25) is 0 Å². The normalized spacial score (nSPS) is 9.67. The molecule has 0 bridgehead atoms. The molecule has 0 unspecified atom stereocenters. The van der Waals surface area contributed by atoms with Crippen LogP contribution in [0, 0.1) is 98.8 Å². The predicted molar refractivity (Wildman–Crippen MR) is 39.4 cm³/mol. The largest absolute Gasteiger partial charge is 3.00 e. The van der Waals surface area contributed by atoms with Crippen LogP contribution in [0.2, 0.25) is 0 Å². The van der Waals surface area contributed by atoms with Crippen molar-refractivity contribution < 1.29 is 154 Å². The molecule has 0 N–H and O–H groups in total. The Hall–Kier alpha value is 4.35. The van der Waals surface area contributed by atoms with Gasteiger partial charge in [-0.25, -0.2) is 0 Å². The summed E-state index contributed by atoms with van der Waals surface area (Å²) in [6, 6.07) is 0. The third-order valence-electron chi connectivity index (χ3n) is 0. The molecule has 0 atom stereocenters. The quantitative estimate of drug-likeness (QED) is 0.131. The van der Waals surface area contributed by atoms with E-state index < -0.39 is 31.2 Å². The Bertz CT molecular complexity index is 356. The molecule has 0 aromatic rings. The molecular formula is H2BaEu2O12S3. The molecule has 0 rings (SSSR count). The minimum absolute atomic E-state index is 0. The summed E-state index contributed by atoms with van der Waals surface area (Å²) in [6.07, 6.45) is 0. The average molecular weight is 731 g/mol. The van der Waals surface area contributed by atoms with Gasteiger partial charge in [-0.3, -0.25) is 25.3 Å². The van der Waals surface area contributed by atoms with Gasteiger partial charge in [-0.05, 0) is 0 Å². The summed E-state index contributed by atoms with van der Waals surface area (Å²) in [6.45, 7) is 0. The molecule has 0 aromatic heterocycles. The monoisotopic (exact) mass is 734 g/mol. The molecule has 0 saturated heterocycles. The minimum atomic E-state index is -5.17. The molecule has 0 aliphatic carbocycles. The molecule has 12 nitrogen and oxygen atoms in total. The Morgan fingerprint density at radius 3 is 0.500 bits per heavy atom. The van der Waals surface area contributed by atoms with E-state index >= 15 is 0 Å². The summed E-state index contributed by atoms with van der Waals surface area (Å²) < 4.78 is 102. The maximum atomic E-state index is 8.52. The molecule has 0 aliphatic rings. The van der Waals surface area contributed by atoms with E-state index in [-0.39, 0.29) is 150 Å². The second-order valence-electron chi connectivity index (χ2n) is 1.22. The van der Waals surface area contributed by atoms with Crippen LogP contribution in [0.25, 0.3) is 0 Å². The summed E-state index contributed by atoms with van der Waals surface area (Å²) in [5.41, 5.74) is 0. The van der Waals surface area contributed by atoms with Crippen LogP contribution in [0.1, 0.15) is 2.85 Å². The third kappa shape index (κ3) is 403. The third-order valence-corrected chi connectivity index (χ3v) is 0. The van der Waals surface area contributed by atoms with E-state index in [1.165, 1.54) is 0 Å². The van der Waals surface area contributed by atoms with Gasteiger partial charge < -0.3 is 30.2 Å². The fourth-order valence-electron chi connectivity index (χ4n) is 0. The van der Waals surface area contributed by atoms with Crippen molar-refractivity contribution in [1.82, 2.24) is 0 Å². The van der Waals surface area contributed by atoms with E-state index in [4.69, 9.17) is 52.6 Å². The van der Waals surface area contributed by atoms with E-state index in [1.54, 1.807) is 0 Å². The summed E-state index contributed by atoms with van der Waals surface area (Å²) in [7, 11) is -15.5. The Balaban J connectivity index is -0.0000000160. The molecule has 0 aromatic carbocycles. The van der Waals surface area contributed by atoms with Crippen LogP contribution in [0.5, 0.6) is 0 Å². The molecule has 0 aliphatic heterocycles. The van der Waals surface area contributed by atoms with Crippen LogP contribution in [0.15, 0.2) is 0 Å². The Labute approximate surface area is 228 Å². The summed E-state index contributed by atoms with van der Waals surface area (Å²) in [5.74, 6) is 0. The standard InChI is InChI=1S/Ba.2Eu.3H2O4S.2H/c;;;3*1-5(2,3)4;;/h;;;3*(H2,1,2,3,4);;/q+2;2*+3;;;;2*-1/p-6. The first kappa shape index (κ1) is 38.1. The topological polar surface area (TPSA) is 241 Å². The second kappa shape index (κ2) is 17.7. The summed E-state index contributed by atoms with van der Waals surface area (Å²) in [4.78, 5) is 0. The van der Waals surface area contributed by atoms with Crippen molar-refractivity contribution in [3.05, 3.63) is 0 Å². The maximum absolute atomic E-state index is 8.52. The smallest absolute Gasteiger partial charge is 1.00 e. The van der Waals surface area contributed by atoms with Gasteiger partial charge >= 0.3 is 148 Å². The number of hydrogen-bond donors (Lipinski definition) is 0. The van der Waals surface area contributed by atoms with Gasteiger partial charge in [0.1, 0.15) is 0 Å². The zero-order valence-corrected chi connectivity index (χ0v) is 19.3. The van der Waals surface area contributed by atoms with Crippen LogP contribution >= 0.6 is 0 Å².